The minimum absolute atomic E-state index is 0.00372. The van der Waals surface area contributed by atoms with Gasteiger partial charge in [-0.25, -0.2) is 0 Å². The molecule has 1 atom stereocenters. The van der Waals surface area contributed by atoms with Crippen LogP contribution in [0.25, 0.3) is 0 Å². The quantitative estimate of drug-likeness (QED) is 0.202. The summed E-state index contributed by atoms with van der Waals surface area (Å²) in [5.74, 6) is -0.00372. The Morgan fingerprint density at radius 1 is 0.962 bits per heavy atom. The van der Waals surface area contributed by atoms with Crippen LogP contribution >= 0.6 is 0 Å². The first-order chi connectivity index (χ1) is 12.7. The van der Waals surface area contributed by atoms with Gasteiger partial charge >= 0.3 is 5.97 Å². The molecule has 0 N–H and O–H groups in total. The summed E-state index contributed by atoms with van der Waals surface area (Å²) in [4.78, 5) is 14.0. The minimum Gasteiger partial charge on any atom is -0.461 e. The normalized spacial score (nSPS) is 18.3. The van der Waals surface area contributed by atoms with E-state index in [2.05, 4.69) is 43.2 Å². The van der Waals surface area contributed by atoms with E-state index in [1.165, 1.54) is 51.4 Å². The van der Waals surface area contributed by atoms with Crippen LogP contribution in [0.5, 0.6) is 0 Å². The fourth-order valence-electron chi connectivity index (χ4n) is 3.32. The molecule has 150 valence electrons. The van der Waals surface area contributed by atoms with Gasteiger partial charge in [0, 0.05) is 19.5 Å². The van der Waals surface area contributed by atoms with E-state index in [1.807, 2.05) is 0 Å². The first-order valence-electron chi connectivity index (χ1n) is 10.9. The second kappa shape index (κ2) is 16.1. The molecule has 0 aromatic carbocycles. The van der Waals surface area contributed by atoms with Gasteiger partial charge in [0.15, 0.2) is 0 Å². The molecule has 1 rings (SSSR count). The maximum absolute atomic E-state index is 11.8. The second-order valence-corrected chi connectivity index (χ2v) is 7.64. The average Bonchev–Trinajstić information content (AvgIpc) is 3.03. The highest BCUT2D eigenvalue weighted by molar-refractivity contribution is 5.69. The molecular weight excluding hydrogens is 322 g/mol. The number of nitrogens with zero attached hydrogens (tertiary/aromatic N) is 1. The van der Waals surface area contributed by atoms with Gasteiger partial charge in [-0.15, -0.1) is 0 Å². The summed E-state index contributed by atoms with van der Waals surface area (Å²) in [5, 5.41) is 0. The number of hydrogen-bond acceptors (Lipinski definition) is 3. The van der Waals surface area contributed by atoms with Crippen molar-refractivity contribution in [2.45, 2.75) is 96.5 Å². The summed E-state index contributed by atoms with van der Waals surface area (Å²) in [6.45, 7) is 4.19. The maximum atomic E-state index is 11.8. The molecule has 1 unspecified atom stereocenters. The molecular formula is C23H41NO2. The van der Waals surface area contributed by atoms with Crippen LogP contribution in [0.1, 0.15) is 90.4 Å². The van der Waals surface area contributed by atoms with Crippen LogP contribution in [0.4, 0.5) is 0 Å². The lowest BCUT2D eigenvalue weighted by atomic mass is 10.1. The third-order valence-corrected chi connectivity index (χ3v) is 4.98. The number of allylic oxidation sites excluding steroid dienone is 4. The predicted octanol–water partition coefficient (Wildman–Crippen LogP) is 6.05. The molecule has 0 amide bonds. The molecule has 0 bridgehead atoms. The molecule has 0 spiro atoms. The molecule has 0 aromatic heterocycles. The van der Waals surface area contributed by atoms with Gasteiger partial charge in [-0.1, -0.05) is 63.3 Å². The maximum Gasteiger partial charge on any atom is 0.306 e. The smallest absolute Gasteiger partial charge is 0.306 e. The van der Waals surface area contributed by atoms with Gasteiger partial charge in [-0.2, -0.15) is 0 Å². The Bertz CT molecular complexity index is 403. The van der Waals surface area contributed by atoms with Crippen LogP contribution in [0.2, 0.25) is 0 Å². The summed E-state index contributed by atoms with van der Waals surface area (Å²) in [6.07, 6.45) is 24.2. The topological polar surface area (TPSA) is 29.5 Å². The Balaban J connectivity index is 1.83. The molecule has 0 aliphatic carbocycles. The fourth-order valence-corrected chi connectivity index (χ4v) is 3.32. The molecule has 0 aromatic rings. The van der Waals surface area contributed by atoms with E-state index < -0.39 is 0 Å². The zero-order valence-electron chi connectivity index (χ0n) is 17.3. The van der Waals surface area contributed by atoms with Crippen molar-refractivity contribution in [3.8, 4) is 0 Å². The predicted molar refractivity (Wildman–Crippen MR) is 111 cm³/mol. The number of ether oxygens (including phenoxy) is 1. The molecule has 1 saturated heterocycles. The summed E-state index contributed by atoms with van der Waals surface area (Å²) in [6, 6.07) is 0. The first-order valence-corrected chi connectivity index (χ1v) is 10.9. The van der Waals surface area contributed by atoms with Crippen LogP contribution in [0, 0.1) is 0 Å². The SMILES string of the molecule is CCCCC/C=C\C/C=C\CCCCCCCC(=O)OC1CCN(C)C1. The average molecular weight is 364 g/mol. The van der Waals surface area contributed by atoms with Gasteiger partial charge in [0.1, 0.15) is 6.10 Å². The molecule has 0 saturated carbocycles. The Kier molecular flexibility index (Phi) is 14.2. The lowest BCUT2D eigenvalue weighted by molar-refractivity contribution is -0.148. The standard InChI is InChI=1S/C23H41NO2/c1-3-4-5-6-7-8-9-10-11-12-13-14-15-16-17-18-23(25)26-22-19-20-24(2)21-22/h7-8,10-11,22H,3-6,9,12-21H2,1-2H3/b8-7-,11-10-. The molecule has 1 heterocycles. The zero-order chi connectivity index (χ0) is 18.9. The van der Waals surface area contributed by atoms with Crippen LogP contribution in [0.15, 0.2) is 24.3 Å². The van der Waals surface area contributed by atoms with Crippen molar-refractivity contribution >= 4 is 5.97 Å². The van der Waals surface area contributed by atoms with Crippen molar-refractivity contribution in [2.24, 2.45) is 0 Å². The van der Waals surface area contributed by atoms with E-state index in [0.717, 1.165) is 38.8 Å². The largest absolute Gasteiger partial charge is 0.461 e. The third kappa shape index (κ3) is 13.2. The van der Waals surface area contributed by atoms with E-state index >= 15 is 0 Å². The lowest BCUT2D eigenvalue weighted by Gasteiger charge is -2.12. The Morgan fingerprint density at radius 3 is 2.27 bits per heavy atom. The molecule has 1 fully saturated rings. The summed E-state index contributed by atoms with van der Waals surface area (Å²) < 4.78 is 5.51. The lowest BCUT2D eigenvalue weighted by Crippen LogP contribution is -2.22. The monoisotopic (exact) mass is 363 g/mol. The third-order valence-electron chi connectivity index (χ3n) is 4.98. The van der Waals surface area contributed by atoms with E-state index in [9.17, 15) is 4.79 Å². The number of carbonyl (C=O) groups excluding carboxylic acids is 1. The number of likely N-dealkylation sites (tertiary alicyclic amines) is 1. The number of likely N-dealkylation sites (N-methyl/N-ethyl adjacent to an activating group) is 1. The van der Waals surface area contributed by atoms with Crippen molar-refractivity contribution in [2.75, 3.05) is 20.1 Å². The van der Waals surface area contributed by atoms with Crippen molar-refractivity contribution in [1.82, 2.24) is 4.90 Å². The number of rotatable bonds is 15. The molecule has 1 aliphatic heterocycles. The molecule has 0 radical (unpaired) electrons. The van der Waals surface area contributed by atoms with Crippen molar-refractivity contribution in [3.05, 3.63) is 24.3 Å². The van der Waals surface area contributed by atoms with Gasteiger partial charge in [-0.05, 0) is 52.0 Å². The second-order valence-electron chi connectivity index (χ2n) is 7.64. The number of carbonyl (C=O) groups is 1. The highest BCUT2D eigenvalue weighted by Gasteiger charge is 2.22. The highest BCUT2D eigenvalue weighted by atomic mass is 16.5. The van der Waals surface area contributed by atoms with Crippen LogP contribution in [-0.2, 0) is 9.53 Å². The van der Waals surface area contributed by atoms with E-state index in [0.29, 0.717) is 6.42 Å². The summed E-state index contributed by atoms with van der Waals surface area (Å²) in [5.41, 5.74) is 0. The van der Waals surface area contributed by atoms with Gasteiger partial charge in [0.05, 0.1) is 0 Å². The number of hydrogen-bond donors (Lipinski definition) is 0. The summed E-state index contributed by atoms with van der Waals surface area (Å²) in [7, 11) is 2.08. The van der Waals surface area contributed by atoms with Gasteiger partial charge in [-0.3, -0.25) is 4.79 Å². The van der Waals surface area contributed by atoms with E-state index in [1.54, 1.807) is 0 Å². The van der Waals surface area contributed by atoms with Gasteiger partial charge in [0.25, 0.3) is 0 Å². The van der Waals surface area contributed by atoms with E-state index in [4.69, 9.17) is 4.74 Å². The van der Waals surface area contributed by atoms with Crippen LogP contribution in [0.3, 0.4) is 0 Å². The number of unbranched alkanes of at least 4 members (excludes halogenated alkanes) is 8. The molecule has 3 heteroatoms. The van der Waals surface area contributed by atoms with Crippen molar-refractivity contribution < 1.29 is 9.53 Å². The molecule has 26 heavy (non-hydrogen) atoms. The van der Waals surface area contributed by atoms with Crippen molar-refractivity contribution in [1.29, 1.82) is 0 Å². The van der Waals surface area contributed by atoms with Crippen molar-refractivity contribution in [3.63, 3.8) is 0 Å². The van der Waals surface area contributed by atoms with Crippen LogP contribution in [-0.4, -0.2) is 37.1 Å². The Hall–Kier alpha value is -1.09. The fraction of sp³-hybridized carbons (Fsp3) is 0.783. The highest BCUT2D eigenvalue weighted by Crippen LogP contribution is 2.13. The zero-order valence-corrected chi connectivity index (χ0v) is 17.3. The Morgan fingerprint density at radius 2 is 1.62 bits per heavy atom. The van der Waals surface area contributed by atoms with Crippen LogP contribution < -0.4 is 0 Å². The summed E-state index contributed by atoms with van der Waals surface area (Å²) >= 11 is 0. The molecule has 3 nitrogen and oxygen atoms in total. The minimum atomic E-state index is -0.00372. The van der Waals surface area contributed by atoms with Gasteiger partial charge in [0.2, 0.25) is 0 Å². The first kappa shape index (κ1) is 23.0. The Labute approximate surface area is 161 Å². The van der Waals surface area contributed by atoms with Gasteiger partial charge < -0.3 is 9.64 Å². The molecule has 1 aliphatic rings. The van der Waals surface area contributed by atoms with E-state index in [-0.39, 0.29) is 12.1 Å². The number of esters is 1.